The van der Waals surface area contributed by atoms with Crippen LogP contribution in [-0.4, -0.2) is 47.3 Å². The third kappa shape index (κ3) is 5.53. The highest BCUT2D eigenvalue weighted by atomic mass is 79.9. The van der Waals surface area contributed by atoms with E-state index >= 15 is 0 Å². The molecule has 0 unspecified atom stereocenters. The summed E-state index contributed by atoms with van der Waals surface area (Å²) in [4.78, 5) is 39.8. The lowest BCUT2D eigenvalue weighted by Crippen LogP contribution is -2.59. The predicted octanol–water partition coefficient (Wildman–Crippen LogP) is 4.62. The lowest BCUT2D eigenvalue weighted by Gasteiger charge is -2.37. The number of benzene rings is 1. The molecule has 1 aromatic carbocycles. The van der Waals surface area contributed by atoms with Gasteiger partial charge in [0, 0.05) is 9.89 Å². The topological polar surface area (TPSA) is 84.9 Å². The second-order valence-electron chi connectivity index (χ2n) is 9.41. The van der Waals surface area contributed by atoms with Crippen LogP contribution in [0.5, 0.6) is 0 Å². The fraction of sp³-hybridized carbons (Fsp3) is 0.591. The Morgan fingerprint density at radius 2 is 1.87 bits per heavy atom. The number of rotatable bonds is 5. The monoisotopic (exact) mass is 482 g/mol. The average Bonchev–Trinajstić information content (AvgIpc) is 2.99. The predicted molar refractivity (Wildman–Crippen MR) is 117 cm³/mol. The van der Waals surface area contributed by atoms with Crippen LogP contribution in [0, 0.1) is 5.92 Å². The Bertz CT molecular complexity index is 816. The summed E-state index contributed by atoms with van der Waals surface area (Å²) in [6, 6.07) is 6.06. The molecule has 0 aliphatic carbocycles. The van der Waals surface area contributed by atoms with Crippen molar-refractivity contribution in [1.29, 1.82) is 0 Å². The first-order valence-electron chi connectivity index (χ1n) is 9.99. The first-order chi connectivity index (χ1) is 13.7. The first-order valence-corrected chi connectivity index (χ1v) is 10.8. The number of cyclic esters (lactones) is 1. The van der Waals surface area contributed by atoms with Crippen molar-refractivity contribution >= 4 is 34.0 Å². The maximum absolute atomic E-state index is 13.6. The number of alkyl carbamates (subject to hydrolysis) is 1. The number of hydrogen-bond acceptors (Lipinski definition) is 5. The van der Waals surface area contributed by atoms with Gasteiger partial charge in [-0.3, -0.25) is 4.79 Å². The summed E-state index contributed by atoms with van der Waals surface area (Å²) in [6.45, 7) is 12.9. The summed E-state index contributed by atoms with van der Waals surface area (Å²) in [7, 11) is 0. The molecule has 7 nitrogen and oxygen atoms in total. The molecule has 0 aromatic heterocycles. The lowest BCUT2D eigenvalue weighted by atomic mass is 9.77. The van der Waals surface area contributed by atoms with Crippen molar-refractivity contribution in [1.82, 2.24) is 10.2 Å². The summed E-state index contributed by atoms with van der Waals surface area (Å²) < 4.78 is 11.4. The Balaban J connectivity index is 2.46. The largest absolute Gasteiger partial charge is 0.447 e. The van der Waals surface area contributed by atoms with Gasteiger partial charge in [0.25, 0.3) is 5.91 Å². The molecular formula is C22H31BrN2O5. The minimum atomic E-state index is -1.05. The van der Waals surface area contributed by atoms with Crippen LogP contribution >= 0.6 is 15.9 Å². The molecule has 1 aliphatic heterocycles. The molecule has 166 valence electrons. The second kappa shape index (κ2) is 8.96. The Hall–Kier alpha value is -2.09. The molecular weight excluding hydrogens is 452 g/mol. The van der Waals surface area contributed by atoms with Crippen molar-refractivity contribution in [2.45, 2.75) is 71.6 Å². The fourth-order valence-electron chi connectivity index (χ4n) is 3.35. The van der Waals surface area contributed by atoms with E-state index in [1.165, 1.54) is 0 Å². The van der Waals surface area contributed by atoms with Gasteiger partial charge in [0.15, 0.2) is 0 Å². The zero-order valence-electron chi connectivity index (χ0n) is 18.6. The summed E-state index contributed by atoms with van der Waals surface area (Å²) in [6.07, 6.45) is -1.42. The summed E-state index contributed by atoms with van der Waals surface area (Å²) in [5.74, 6) is -0.511. The molecule has 0 radical (unpaired) electrons. The summed E-state index contributed by atoms with van der Waals surface area (Å²) in [5, 5.41) is 2.71. The molecule has 1 aromatic rings. The molecule has 0 bridgehead atoms. The number of carbonyl (C=O) groups excluding carboxylic acids is 3. The van der Waals surface area contributed by atoms with E-state index in [-0.39, 0.29) is 12.5 Å². The van der Waals surface area contributed by atoms with Crippen LogP contribution in [0.3, 0.4) is 0 Å². The molecule has 30 heavy (non-hydrogen) atoms. The Morgan fingerprint density at radius 3 is 2.40 bits per heavy atom. The van der Waals surface area contributed by atoms with Gasteiger partial charge in [-0.15, -0.1) is 0 Å². The maximum Gasteiger partial charge on any atom is 0.417 e. The summed E-state index contributed by atoms with van der Waals surface area (Å²) in [5.41, 5.74) is -0.757. The molecule has 0 saturated carbocycles. The van der Waals surface area contributed by atoms with Crippen molar-refractivity contribution < 1.29 is 23.9 Å². The van der Waals surface area contributed by atoms with Crippen molar-refractivity contribution in [2.75, 3.05) is 6.61 Å². The zero-order chi connectivity index (χ0) is 22.9. The van der Waals surface area contributed by atoms with Gasteiger partial charge in [0.2, 0.25) is 0 Å². The highest BCUT2D eigenvalue weighted by Crippen LogP contribution is 2.32. The maximum atomic E-state index is 13.6. The Morgan fingerprint density at radius 1 is 1.23 bits per heavy atom. The van der Waals surface area contributed by atoms with Crippen molar-refractivity contribution in [2.24, 2.45) is 5.92 Å². The number of imide groups is 1. The zero-order valence-corrected chi connectivity index (χ0v) is 20.2. The Kier molecular flexibility index (Phi) is 7.22. The second-order valence-corrected chi connectivity index (χ2v) is 10.3. The molecule has 3 amide bonds. The van der Waals surface area contributed by atoms with Crippen LogP contribution < -0.4 is 5.32 Å². The van der Waals surface area contributed by atoms with Gasteiger partial charge in [0.05, 0.1) is 6.04 Å². The van der Waals surface area contributed by atoms with Gasteiger partial charge in [-0.05, 0) is 44.4 Å². The van der Waals surface area contributed by atoms with Gasteiger partial charge in [-0.2, -0.15) is 0 Å². The molecule has 1 N–H and O–H groups in total. The smallest absolute Gasteiger partial charge is 0.417 e. The van der Waals surface area contributed by atoms with E-state index in [4.69, 9.17) is 9.47 Å². The minimum Gasteiger partial charge on any atom is -0.447 e. The van der Waals surface area contributed by atoms with Crippen LogP contribution in [0.4, 0.5) is 9.59 Å². The molecule has 1 saturated heterocycles. The SMILES string of the molecule is CC(C)[C@H]1COC(=O)N1C(=O)[C@@H](NC(=O)OC(C)(C)C)C(C)(C)c1cccc(Br)c1. The lowest BCUT2D eigenvalue weighted by molar-refractivity contribution is -0.133. The van der Waals surface area contributed by atoms with Crippen LogP contribution in [0.2, 0.25) is 0 Å². The van der Waals surface area contributed by atoms with Crippen LogP contribution in [-0.2, 0) is 19.7 Å². The van der Waals surface area contributed by atoms with Crippen LogP contribution in [0.25, 0.3) is 0 Å². The number of halogens is 1. The van der Waals surface area contributed by atoms with E-state index in [0.29, 0.717) is 0 Å². The molecule has 0 spiro atoms. The van der Waals surface area contributed by atoms with Crippen molar-refractivity contribution in [3.63, 3.8) is 0 Å². The third-order valence-corrected chi connectivity index (χ3v) is 5.60. The van der Waals surface area contributed by atoms with Crippen LogP contribution in [0.1, 0.15) is 54.0 Å². The van der Waals surface area contributed by atoms with Gasteiger partial charge in [0.1, 0.15) is 18.2 Å². The Labute approximate surface area is 186 Å². The minimum absolute atomic E-state index is 0.0107. The molecule has 8 heteroatoms. The number of nitrogens with one attached hydrogen (secondary N) is 1. The van der Waals surface area contributed by atoms with Gasteiger partial charge >= 0.3 is 12.2 Å². The number of hydrogen-bond donors (Lipinski definition) is 1. The molecule has 2 rings (SSSR count). The van der Waals surface area contributed by atoms with E-state index < -0.39 is 41.2 Å². The molecule has 1 heterocycles. The highest BCUT2D eigenvalue weighted by molar-refractivity contribution is 9.10. The van der Waals surface area contributed by atoms with E-state index in [1.807, 2.05) is 52.0 Å². The summed E-state index contributed by atoms with van der Waals surface area (Å²) >= 11 is 3.45. The normalized spacial score (nSPS) is 18.2. The highest BCUT2D eigenvalue weighted by Gasteiger charge is 2.48. The van der Waals surface area contributed by atoms with Crippen molar-refractivity contribution in [3.05, 3.63) is 34.3 Å². The molecule has 1 fully saturated rings. The number of amides is 3. The standard InChI is InChI=1S/C22H31BrN2O5/c1-13(2)16-12-29-20(28)25(16)18(26)17(24-19(27)30-21(3,4)5)22(6,7)14-9-8-10-15(23)11-14/h8-11,13,16-17H,12H2,1-7H3,(H,24,27)/t16-,17-/m1/s1. The van der Waals surface area contributed by atoms with E-state index in [9.17, 15) is 14.4 Å². The average molecular weight is 483 g/mol. The van der Waals surface area contributed by atoms with Crippen LogP contribution in [0.15, 0.2) is 28.7 Å². The third-order valence-electron chi connectivity index (χ3n) is 5.11. The van der Waals surface area contributed by atoms with E-state index in [1.54, 1.807) is 20.8 Å². The van der Waals surface area contributed by atoms with E-state index in [0.717, 1.165) is 14.9 Å². The van der Waals surface area contributed by atoms with Gasteiger partial charge < -0.3 is 14.8 Å². The van der Waals surface area contributed by atoms with Gasteiger partial charge in [-0.25, -0.2) is 14.5 Å². The fourth-order valence-corrected chi connectivity index (χ4v) is 3.75. The molecule has 1 aliphatic rings. The number of nitrogens with zero attached hydrogens (tertiary/aromatic N) is 1. The first kappa shape index (κ1) is 24.2. The number of ether oxygens (including phenoxy) is 2. The van der Waals surface area contributed by atoms with Gasteiger partial charge in [-0.1, -0.05) is 55.8 Å². The van der Waals surface area contributed by atoms with E-state index in [2.05, 4.69) is 21.2 Å². The quantitative estimate of drug-likeness (QED) is 0.661. The number of carbonyl (C=O) groups is 3. The van der Waals surface area contributed by atoms with Crippen molar-refractivity contribution in [3.8, 4) is 0 Å². The molecule has 2 atom stereocenters.